The van der Waals surface area contributed by atoms with Gasteiger partial charge >= 0.3 is 0 Å². The van der Waals surface area contributed by atoms with E-state index in [-0.39, 0.29) is 0 Å². The number of aromatic nitrogens is 2. The molecule has 1 spiro atoms. The maximum Gasteiger partial charge on any atom is 0.0568 e. The zero-order valence-corrected chi connectivity index (χ0v) is 28.9. The third-order valence-electron chi connectivity index (χ3n) is 11.7. The summed E-state index contributed by atoms with van der Waals surface area (Å²) in [5.41, 5.74) is 17.7. The van der Waals surface area contributed by atoms with Gasteiger partial charge in [0.25, 0.3) is 0 Å². The quantitative estimate of drug-likeness (QED) is 0.217. The van der Waals surface area contributed by atoms with Gasteiger partial charge in [-0.05, 0) is 154 Å². The Kier molecular flexibility index (Phi) is 9.06. The summed E-state index contributed by atoms with van der Waals surface area (Å²) in [6.07, 6.45) is 18.1. The van der Waals surface area contributed by atoms with Crippen LogP contribution in [-0.2, 0) is 19.9 Å². The second-order valence-corrected chi connectivity index (χ2v) is 14.4. The van der Waals surface area contributed by atoms with Gasteiger partial charge in [0.2, 0.25) is 0 Å². The average molecular weight is 594 g/mol. The number of nitrogens with one attached hydrogen (secondary N) is 1. The van der Waals surface area contributed by atoms with Crippen molar-refractivity contribution in [2.24, 2.45) is 17.9 Å². The van der Waals surface area contributed by atoms with Crippen LogP contribution < -0.4 is 5.32 Å². The molecule has 3 aliphatic rings. The van der Waals surface area contributed by atoms with Gasteiger partial charge in [0, 0.05) is 50.7 Å². The molecule has 44 heavy (non-hydrogen) atoms. The predicted octanol–water partition coefficient (Wildman–Crippen LogP) is 7.44. The molecule has 1 aromatic heterocycles. The molecule has 1 aromatic carbocycles. The minimum atomic E-state index is 0.346. The van der Waals surface area contributed by atoms with E-state index in [1.807, 2.05) is 24.9 Å². The number of rotatable bonds is 11. The normalized spacial score (nSPS) is 26.4. The molecular weight excluding hydrogens is 538 g/mol. The van der Waals surface area contributed by atoms with Crippen molar-refractivity contribution in [2.75, 3.05) is 41.3 Å². The molecule has 2 fully saturated rings. The summed E-state index contributed by atoms with van der Waals surface area (Å²) in [4.78, 5) is 4.88. The van der Waals surface area contributed by atoms with Crippen molar-refractivity contribution in [1.29, 1.82) is 0 Å². The zero-order valence-electron chi connectivity index (χ0n) is 28.9. The van der Waals surface area contributed by atoms with E-state index in [0.29, 0.717) is 22.8 Å². The van der Waals surface area contributed by atoms with Gasteiger partial charge in [-0.1, -0.05) is 26.2 Å². The number of hydrogen-bond donors (Lipinski definition) is 1. The van der Waals surface area contributed by atoms with E-state index in [0.717, 1.165) is 25.2 Å². The van der Waals surface area contributed by atoms with Crippen LogP contribution in [0.4, 0.5) is 0 Å². The first-order valence-electron chi connectivity index (χ1n) is 16.5. The van der Waals surface area contributed by atoms with E-state index in [4.69, 9.17) is 0 Å². The monoisotopic (exact) mass is 593 g/mol. The first-order chi connectivity index (χ1) is 20.9. The van der Waals surface area contributed by atoms with Gasteiger partial charge in [-0.15, -0.1) is 5.73 Å². The molecule has 0 amide bonds. The van der Waals surface area contributed by atoms with E-state index < -0.39 is 0 Å². The van der Waals surface area contributed by atoms with Crippen molar-refractivity contribution in [3.05, 3.63) is 88.1 Å². The van der Waals surface area contributed by atoms with Crippen LogP contribution in [0.15, 0.2) is 60.3 Å². The Morgan fingerprint density at radius 3 is 2.50 bits per heavy atom. The topological polar surface area (TPSA) is 36.3 Å². The van der Waals surface area contributed by atoms with Crippen molar-refractivity contribution in [3.63, 3.8) is 0 Å². The molecule has 5 nitrogen and oxygen atoms in total. The summed E-state index contributed by atoms with van der Waals surface area (Å²) < 4.78 is 1.96. The molecular formula is C39H55N5. The molecule has 5 heteroatoms. The molecule has 3 aliphatic carbocycles. The van der Waals surface area contributed by atoms with Crippen LogP contribution in [-0.4, -0.2) is 66.9 Å². The molecule has 0 saturated heterocycles. The fourth-order valence-electron chi connectivity index (χ4n) is 9.11. The number of nitrogens with zero attached hydrogens (tertiary/aromatic N) is 4. The number of allylic oxidation sites excluding steroid dienone is 3. The van der Waals surface area contributed by atoms with E-state index in [1.54, 1.807) is 11.1 Å². The molecule has 0 bridgehead atoms. The SMILES string of the molecule is C=C=Cc1c(C)c2c(c(-c3cnn(C)c3)c1CCN(C)C/C(C=C)=C(C)/C=C(/C)NC)C1C(C)(C2)C12CCC(N(C)C)CC2. The Morgan fingerprint density at radius 1 is 1.23 bits per heavy atom. The lowest BCUT2D eigenvalue weighted by molar-refractivity contribution is 0.155. The Bertz CT molecular complexity index is 1540. The summed E-state index contributed by atoms with van der Waals surface area (Å²) >= 11 is 0. The lowest BCUT2D eigenvalue weighted by Crippen LogP contribution is -2.34. The van der Waals surface area contributed by atoms with Crippen LogP contribution in [0.3, 0.4) is 0 Å². The minimum absolute atomic E-state index is 0.346. The number of hydrogen-bond acceptors (Lipinski definition) is 4. The van der Waals surface area contributed by atoms with E-state index in [1.165, 1.54) is 71.1 Å². The first kappa shape index (κ1) is 32.3. The standard InChI is InChI=1S/C39H55N5/c1-12-14-32-28(5)34-22-38(6)37(39(38)18-15-31(16-19-39)42(8)9)36(34)35(30-23-41-44(11)25-30)33(32)17-20-43(10)24-29(13-2)26(3)21-27(4)40-7/h13-14,21,23,25,31,37,40H,1-2,15-20,22,24H2,3-11H3/b27-21-,29-26+. The average Bonchev–Trinajstić information content (AvgIpc) is 3.30. The summed E-state index contributed by atoms with van der Waals surface area (Å²) in [6.45, 7) is 19.2. The van der Waals surface area contributed by atoms with Gasteiger partial charge < -0.3 is 15.1 Å². The number of likely N-dealkylation sites (N-methyl/N-ethyl adjacent to an activating group) is 1. The maximum atomic E-state index is 4.68. The smallest absolute Gasteiger partial charge is 0.0568 e. The van der Waals surface area contributed by atoms with E-state index in [9.17, 15) is 0 Å². The predicted molar refractivity (Wildman–Crippen MR) is 187 cm³/mol. The highest BCUT2D eigenvalue weighted by molar-refractivity contribution is 5.82. The lowest BCUT2D eigenvalue weighted by atomic mass is 9.72. The van der Waals surface area contributed by atoms with Gasteiger partial charge in [0.15, 0.2) is 0 Å². The third-order valence-corrected chi connectivity index (χ3v) is 11.7. The summed E-state index contributed by atoms with van der Waals surface area (Å²) in [5.74, 6) is 0.625. The van der Waals surface area contributed by atoms with Gasteiger partial charge in [0.1, 0.15) is 0 Å². The van der Waals surface area contributed by atoms with Gasteiger partial charge in [-0.3, -0.25) is 4.68 Å². The lowest BCUT2D eigenvalue weighted by Gasteiger charge is -2.37. The number of aryl methyl sites for hydroxylation is 1. The highest BCUT2D eigenvalue weighted by Gasteiger charge is 2.76. The molecule has 5 rings (SSSR count). The third kappa shape index (κ3) is 5.38. The Labute approximate surface area is 267 Å². The summed E-state index contributed by atoms with van der Waals surface area (Å²) in [5, 5.41) is 7.91. The van der Waals surface area contributed by atoms with E-state index in [2.05, 4.69) is 112 Å². The highest BCUT2D eigenvalue weighted by atomic mass is 15.2. The first-order valence-corrected chi connectivity index (χ1v) is 16.5. The summed E-state index contributed by atoms with van der Waals surface area (Å²) in [6, 6.07) is 0.714. The van der Waals surface area contributed by atoms with Crippen molar-refractivity contribution in [1.82, 2.24) is 24.9 Å². The highest BCUT2D eigenvalue weighted by Crippen LogP contribution is 2.84. The fraction of sp³-hybridized carbons (Fsp3) is 0.538. The number of benzene rings is 1. The van der Waals surface area contributed by atoms with Gasteiger partial charge in [-0.25, -0.2) is 0 Å². The number of fused-ring (bicyclic) bond motifs is 5. The molecule has 1 N–H and O–H groups in total. The minimum Gasteiger partial charge on any atom is -0.392 e. The van der Waals surface area contributed by atoms with Crippen molar-refractivity contribution in [2.45, 2.75) is 78.2 Å². The van der Waals surface area contributed by atoms with Crippen LogP contribution in [0, 0.1) is 17.8 Å². The largest absolute Gasteiger partial charge is 0.392 e. The van der Waals surface area contributed by atoms with Crippen molar-refractivity contribution in [3.8, 4) is 11.1 Å². The molecule has 0 aliphatic heterocycles. The van der Waals surface area contributed by atoms with Crippen LogP contribution in [0.1, 0.15) is 80.2 Å². The van der Waals surface area contributed by atoms with E-state index >= 15 is 0 Å². The molecule has 0 radical (unpaired) electrons. The van der Waals surface area contributed by atoms with Crippen LogP contribution in [0.2, 0.25) is 0 Å². The molecule has 2 aromatic rings. The zero-order chi connectivity index (χ0) is 32.0. The van der Waals surface area contributed by atoms with Crippen LogP contribution >= 0.6 is 0 Å². The molecule has 2 atom stereocenters. The molecule has 2 unspecified atom stereocenters. The van der Waals surface area contributed by atoms with Crippen LogP contribution in [0.5, 0.6) is 0 Å². The van der Waals surface area contributed by atoms with Crippen molar-refractivity contribution < 1.29 is 0 Å². The van der Waals surface area contributed by atoms with Crippen molar-refractivity contribution >= 4 is 6.08 Å². The Hall–Kier alpha value is -3.11. The van der Waals surface area contributed by atoms with Gasteiger partial charge in [0.05, 0.1) is 6.20 Å². The fourth-order valence-corrected chi connectivity index (χ4v) is 9.11. The molecule has 236 valence electrons. The second kappa shape index (κ2) is 12.4. The Balaban J connectivity index is 1.56. The molecule has 2 saturated carbocycles. The van der Waals surface area contributed by atoms with Gasteiger partial charge in [-0.2, -0.15) is 5.10 Å². The second-order valence-electron chi connectivity index (χ2n) is 14.4. The van der Waals surface area contributed by atoms with Crippen LogP contribution in [0.25, 0.3) is 17.2 Å². The Morgan fingerprint density at radius 2 is 1.93 bits per heavy atom. The summed E-state index contributed by atoms with van der Waals surface area (Å²) in [7, 11) is 10.7. The maximum absolute atomic E-state index is 4.68. The molecule has 1 heterocycles.